The minimum Gasteiger partial charge on any atom is -0.468 e. The van der Waals surface area contributed by atoms with Crippen molar-refractivity contribution < 1.29 is 19.1 Å². The Labute approximate surface area is 95.0 Å². The molecule has 0 aromatic heterocycles. The third kappa shape index (κ3) is 3.25. The summed E-state index contributed by atoms with van der Waals surface area (Å²) in [6, 6.07) is -0.0692. The van der Waals surface area contributed by atoms with Gasteiger partial charge in [0.2, 0.25) is 0 Å². The topological polar surface area (TPSA) is 55.8 Å². The molecule has 0 aliphatic heterocycles. The van der Waals surface area contributed by atoms with Crippen LogP contribution in [0.3, 0.4) is 0 Å². The van der Waals surface area contributed by atoms with Crippen molar-refractivity contribution in [1.29, 1.82) is 0 Å². The quantitative estimate of drug-likeness (QED) is 0.539. The molecule has 1 amide bonds. The van der Waals surface area contributed by atoms with Gasteiger partial charge in [0, 0.05) is 0 Å². The molecule has 0 N–H and O–H groups in total. The van der Waals surface area contributed by atoms with E-state index >= 15 is 0 Å². The Morgan fingerprint density at radius 2 is 2.12 bits per heavy atom. The number of carbonyl (C=O) groups excluding carboxylic acids is 2. The van der Waals surface area contributed by atoms with Crippen LogP contribution in [-0.4, -0.2) is 43.8 Å². The fourth-order valence-electron chi connectivity index (χ4n) is 1.69. The zero-order valence-electron chi connectivity index (χ0n) is 9.64. The smallest absolute Gasteiger partial charge is 0.410 e. The largest absolute Gasteiger partial charge is 0.468 e. The molecule has 5 nitrogen and oxygen atoms in total. The summed E-state index contributed by atoms with van der Waals surface area (Å²) in [4.78, 5) is 24.1. The van der Waals surface area contributed by atoms with Crippen molar-refractivity contribution in [2.45, 2.75) is 25.3 Å². The van der Waals surface area contributed by atoms with Crippen molar-refractivity contribution in [3.8, 4) is 0 Å². The van der Waals surface area contributed by atoms with Crippen LogP contribution in [0.1, 0.15) is 19.3 Å². The molecule has 90 valence electrons. The van der Waals surface area contributed by atoms with Crippen molar-refractivity contribution in [2.24, 2.45) is 0 Å². The SMILES string of the molecule is COC(=O)CN(C(=O)OC)C1C=CCCC1. The molecule has 0 fully saturated rings. The molecule has 0 saturated carbocycles. The van der Waals surface area contributed by atoms with Crippen molar-refractivity contribution in [3.63, 3.8) is 0 Å². The number of esters is 1. The van der Waals surface area contributed by atoms with Crippen molar-refractivity contribution in [2.75, 3.05) is 20.8 Å². The molecule has 1 rings (SSSR count). The number of carbonyl (C=O) groups is 2. The molecule has 1 aliphatic rings. The highest BCUT2D eigenvalue weighted by Crippen LogP contribution is 2.17. The average Bonchev–Trinajstić information content (AvgIpc) is 2.35. The van der Waals surface area contributed by atoms with Gasteiger partial charge in [0.15, 0.2) is 0 Å². The summed E-state index contributed by atoms with van der Waals surface area (Å²) >= 11 is 0. The Bertz CT molecular complexity index is 288. The van der Waals surface area contributed by atoms with Gasteiger partial charge in [-0.25, -0.2) is 4.79 Å². The number of nitrogens with zero attached hydrogens (tertiary/aromatic N) is 1. The molecule has 0 aromatic carbocycles. The second-order valence-electron chi connectivity index (χ2n) is 3.60. The van der Waals surface area contributed by atoms with E-state index in [9.17, 15) is 9.59 Å². The first-order valence-corrected chi connectivity index (χ1v) is 5.27. The first kappa shape index (κ1) is 12.5. The summed E-state index contributed by atoms with van der Waals surface area (Å²) in [6.45, 7) is -0.0713. The van der Waals surface area contributed by atoms with E-state index in [4.69, 9.17) is 0 Å². The minimum atomic E-state index is -0.498. The number of amides is 1. The van der Waals surface area contributed by atoms with Crippen LogP contribution in [-0.2, 0) is 14.3 Å². The van der Waals surface area contributed by atoms with Gasteiger partial charge in [-0.2, -0.15) is 0 Å². The Hall–Kier alpha value is -1.52. The summed E-state index contributed by atoms with van der Waals surface area (Å²) in [5, 5.41) is 0. The maximum absolute atomic E-state index is 11.5. The van der Waals surface area contributed by atoms with Crippen LogP contribution in [0.2, 0.25) is 0 Å². The lowest BCUT2D eigenvalue weighted by Gasteiger charge is -2.29. The van der Waals surface area contributed by atoms with Crippen molar-refractivity contribution in [3.05, 3.63) is 12.2 Å². The fraction of sp³-hybridized carbons (Fsp3) is 0.636. The Morgan fingerprint density at radius 1 is 1.38 bits per heavy atom. The van der Waals surface area contributed by atoms with Gasteiger partial charge in [-0.3, -0.25) is 9.69 Å². The zero-order chi connectivity index (χ0) is 12.0. The van der Waals surface area contributed by atoms with Crippen molar-refractivity contribution >= 4 is 12.1 Å². The molecule has 1 unspecified atom stereocenters. The predicted octanol–water partition coefficient (Wildman–Crippen LogP) is 1.34. The third-order valence-corrected chi connectivity index (χ3v) is 2.57. The number of ether oxygens (including phenoxy) is 2. The lowest BCUT2D eigenvalue weighted by atomic mass is 10.0. The highest BCUT2D eigenvalue weighted by Gasteiger charge is 2.25. The van der Waals surface area contributed by atoms with E-state index in [1.54, 1.807) is 0 Å². The maximum atomic E-state index is 11.5. The molecular weight excluding hydrogens is 210 g/mol. The minimum absolute atomic E-state index is 0.0692. The van der Waals surface area contributed by atoms with E-state index in [0.717, 1.165) is 19.3 Å². The van der Waals surface area contributed by atoms with Crippen molar-refractivity contribution in [1.82, 2.24) is 4.90 Å². The zero-order valence-corrected chi connectivity index (χ0v) is 9.64. The predicted molar refractivity (Wildman–Crippen MR) is 57.9 cm³/mol. The second-order valence-corrected chi connectivity index (χ2v) is 3.60. The van der Waals surface area contributed by atoms with Crippen LogP contribution in [0, 0.1) is 0 Å². The average molecular weight is 227 g/mol. The first-order chi connectivity index (χ1) is 7.69. The lowest BCUT2D eigenvalue weighted by Crippen LogP contribution is -2.43. The summed E-state index contributed by atoms with van der Waals surface area (Å²) in [5.74, 6) is -0.440. The summed E-state index contributed by atoms with van der Waals surface area (Å²) in [7, 11) is 2.60. The highest BCUT2D eigenvalue weighted by molar-refractivity contribution is 5.78. The molecule has 5 heteroatoms. The van der Waals surface area contributed by atoms with Crippen LogP contribution in [0.4, 0.5) is 4.79 Å². The summed E-state index contributed by atoms with van der Waals surface area (Å²) in [6.07, 6.45) is 6.33. The third-order valence-electron chi connectivity index (χ3n) is 2.57. The molecule has 0 aromatic rings. The summed E-state index contributed by atoms with van der Waals surface area (Å²) < 4.78 is 9.21. The van der Waals surface area contributed by atoms with Gasteiger partial charge in [-0.05, 0) is 19.3 Å². The fourth-order valence-corrected chi connectivity index (χ4v) is 1.69. The van der Waals surface area contributed by atoms with E-state index in [-0.39, 0.29) is 12.6 Å². The van der Waals surface area contributed by atoms with Crippen LogP contribution in [0.15, 0.2) is 12.2 Å². The molecular formula is C11H17NO4. The van der Waals surface area contributed by atoms with Crippen LogP contribution in [0.25, 0.3) is 0 Å². The van der Waals surface area contributed by atoms with E-state index in [2.05, 4.69) is 9.47 Å². The van der Waals surface area contributed by atoms with E-state index < -0.39 is 12.1 Å². The van der Waals surface area contributed by atoms with Gasteiger partial charge >= 0.3 is 12.1 Å². The van der Waals surface area contributed by atoms with Gasteiger partial charge in [0.05, 0.1) is 20.3 Å². The standard InChI is InChI=1S/C11H17NO4/c1-15-10(13)8-12(11(14)16-2)9-6-4-3-5-7-9/h4,6,9H,3,5,7-8H2,1-2H3. The number of allylic oxidation sites excluding steroid dienone is 1. The molecule has 0 spiro atoms. The maximum Gasteiger partial charge on any atom is 0.410 e. The van der Waals surface area contributed by atoms with E-state index in [1.807, 2.05) is 12.2 Å². The summed E-state index contributed by atoms with van der Waals surface area (Å²) in [5.41, 5.74) is 0. The Balaban J connectivity index is 2.69. The van der Waals surface area contributed by atoms with Gasteiger partial charge < -0.3 is 9.47 Å². The first-order valence-electron chi connectivity index (χ1n) is 5.27. The molecule has 1 aliphatic carbocycles. The number of hydrogen-bond acceptors (Lipinski definition) is 4. The Kier molecular flexibility index (Phi) is 4.82. The van der Waals surface area contributed by atoms with E-state index in [0.29, 0.717) is 0 Å². The normalized spacial score (nSPS) is 19.0. The second kappa shape index (κ2) is 6.15. The molecule has 16 heavy (non-hydrogen) atoms. The van der Waals surface area contributed by atoms with Crippen LogP contribution < -0.4 is 0 Å². The molecule has 0 radical (unpaired) electrons. The van der Waals surface area contributed by atoms with Gasteiger partial charge in [0.1, 0.15) is 6.54 Å². The van der Waals surface area contributed by atoms with Crippen LogP contribution in [0.5, 0.6) is 0 Å². The number of methoxy groups -OCH3 is 2. The van der Waals surface area contributed by atoms with Gasteiger partial charge in [-0.1, -0.05) is 12.2 Å². The van der Waals surface area contributed by atoms with Crippen LogP contribution >= 0.6 is 0 Å². The number of rotatable bonds is 3. The molecule has 1 atom stereocenters. The van der Waals surface area contributed by atoms with Gasteiger partial charge in [0.25, 0.3) is 0 Å². The monoisotopic (exact) mass is 227 g/mol. The Morgan fingerprint density at radius 3 is 2.62 bits per heavy atom. The lowest BCUT2D eigenvalue weighted by molar-refractivity contribution is -0.141. The highest BCUT2D eigenvalue weighted by atomic mass is 16.5. The molecule has 0 heterocycles. The van der Waals surface area contributed by atoms with Gasteiger partial charge in [-0.15, -0.1) is 0 Å². The molecule has 0 saturated heterocycles. The number of hydrogen-bond donors (Lipinski definition) is 0. The molecule has 0 bridgehead atoms. The van der Waals surface area contributed by atoms with E-state index in [1.165, 1.54) is 19.1 Å².